The zero-order valence-corrected chi connectivity index (χ0v) is 12.6. The Hall–Kier alpha value is -1.51. The van der Waals surface area contributed by atoms with E-state index < -0.39 is 0 Å². The lowest BCUT2D eigenvalue weighted by Crippen LogP contribution is -2.02. The number of ether oxygens (including phenoxy) is 2. The molecule has 1 aromatic carbocycles. The molecule has 2 nitrogen and oxygen atoms in total. The van der Waals surface area contributed by atoms with Gasteiger partial charge in [0, 0.05) is 5.56 Å². The van der Waals surface area contributed by atoms with Crippen molar-refractivity contribution in [1.82, 2.24) is 0 Å². The van der Waals surface area contributed by atoms with E-state index >= 15 is 0 Å². The van der Waals surface area contributed by atoms with Gasteiger partial charge in [0.1, 0.15) is 12.4 Å². The van der Waals surface area contributed by atoms with Gasteiger partial charge in [0.25, 0.3) is 0 Å². The molecule has 0 amide bonds. The van der Waals surface area contributed by atoms with Crippen LogP contribution in [0.5, 0.6) is 11.5 Å². The van der Waals surface area contributed by atoms with E-state index in [1.807, 2.05) is 0 Å². The summed E-state index contributed by atoms with van der Waals surface area (Å²) in [5, 5.41) is 0. The summed E-state index contributed by atoms with van der Waals surface area (Å²) in [5.74, 6) is 1.37. The van der Waals surface area contributed by atoms with E-state index in [0.717, 1.165) is 12.8 Å². The zero-order chi connectivity index (χ0) is 14.7. The fraction of sp³-hybridized carbons (Fsp3) is 0.556. The van der Waals surface area contributed by atoms with Gasteiger partial charge in [-0.15, -0.1) is 0 Å². The highest BCUT2D eigenvalue weighted by atomic mass is 19.1. The Balaban J connectivity index is 1.55. The van der Waals surface area contributed by atoms with Gasteiger partial charge in [-0.3, -0.25) is 0 Å². The van der Waals surface area contributed by atoms with E-state index in [4.69, 9.17) is 9.47 Å². The SMILES string of the molecule is Cc1c(OC/C=C/C2CCCC2)ccc(OC2CC2)c1F. The molecule has 2 aliphatic rings. The second kappa shape index (κ2) is 6.50. The molecule has 0 bridgehead atoms. The smallest absolute Gasteiger partial charge is 0.171 e. The largest absolute Gasteiger partial charge is 0.489 e. The normalized spacial score (nSPS) is 19.3. The molecule has 0 radical (unpaired) electrons. The number of halogens is 1. The molecule has 0 N–H and O–H groups in total. The van der Waals surface area contributed by atoms with Crippen LogP contribution in [0.4, 0.5) is 4.39 Å². The minimum Gasteiger partial charge on any atom is -0.489 e. The molecule has 114 valence electrons. The average Bonchev–Trinajstić information content (AvgIpc) is 3.15. The molecule has 0 heterocycles. The summed E-state index contributed by atoms with van der Waals surface area (Å²) in [7, 11) is 0. The molecule has 0 aliphatic heterocycles. The van der Waals surface area contributed by atoms with Crippen molar-refractivity contribution in [1.29, 1.82) is 0 Å². The van der Waals surface area contributed by atoms with Crippen LogP contribution in [0, 0.1) is 18.7 Å². The number of rotatable bonds is 6. The van der Waals surface area contributed by atoms with Gasteiger partial charge in [-0.1, -0.05) is 25.0 Å². The van der Waals surface area contributed by atoms with Crippen LogP contribution < -0.4 is 9.47 Å². The topological polar surface area (TPSA) is 18.5 Å². The van der Waals surface area contributed by atoms with Gasteiger partial charge in [-0.05, 0) is 50.7 Å². The molecule has 3 heteroatoms. The fourth-order valence-corrected chi connectivity index (χ4v) is 2.79. The van der Waals surface area contributed by atoms with Crippen molar-refractivity contribution in [2.75, 3.05) is 6.61 Å². The molecule has 0 unspecified atom stereocenters. The highest BCUT2D eigenvalue weighted by Gasteiger charge is 2.25. The molecule has 3 rings (SSSR count). The van der Waals surface area contributed by atoms with Gasteiger partial charge in [0.15, 0.2) is 11.6 Å². The lowest BCUT2D eigenvalue weighted by atomic mass is 10.1. The highest BCUT2D eigenvalue weighted by Crippen LogP contribution is 2.33. The molecular formula is C18H23FO2. The molecule has 2 saturated carbocycles. The predicted molar refractivity (Wildman–Crippen MR) is 81.4 cm³/mol. The van der Waals surface area contributed by atoms with Gasteiger partial charge < -0.3 is 9.47 Å². The molecular weight excluding hydrogens is 267 g/mol. The van der Waals surface area contributed by atoms with E-state index in [1.165, 1.54) is 25.7 Å². The second-order valence-corrected chi connectivity index (χ2v) is 6.10. The zero-order valence-electron chi connectivity index (χ0n) is 12.6. The lowest BCUT2D eigenvalue weighted by Gasteiger charge is -2.12. The second-order valence-electron chi connectivity index (χ2n) is 6.10. The van der Waals surface area contributed by atoms with Crippen LogP contribution in [0.2, 0.25) is 0 Å². The molecule has 2 fully saturated rings. The van der Waals surface area contributed by atoms with Crippen LogP contribution in [0.1, 0.15) is 44.1 Å². The Kier molecular flexibility index (Phi) is 4.47. The molecule has 2 aliphatic carbocycles. The van der Waals surface area contributed by atoms with Gasteiger partial charge in [-0.25, -0.2) is 4.39 Å². The van der Waals surface area contributed by atoms with Crippen LogP contribution in [-0.2, 0) is 0 Å². The lowest BCUT2D eigenvalue weighted by molar-refractivity contribution is 0.284. The fourth-order valence-electron chi connectivity index (χ4n) is 2.79. The van der Waals surface area contributed by atoms with Crippen molar-refractivity contribution in [2.24, 2.45) is 5.92 Å². The Morgan fingerprint density at radius 1 is 1.14 bits per heavy atom. The first-order chi connectivity index (χ1) is 10.2. The van der Waals surface area contributed by atoms with Crippen molar-refractivity contribution in [3.8, 4) is 11.5 Å². The molecule has 21 heavy (non-hydrogen) atoms. The minimum absolute atomic E-state index is 0.208. The molecule has 0 atom stereocenters. The molecule has 0 saturated heterocycles. The van der Waals surface area contributed by atoms with Crippen LogP contribution in [0.15, 0.2) is 24.3 Å². The number of hydrogen-bond acceptors (Lipinski definition) is 2. The molecule has 0 aromatic heterocycles. The Morgan fingerprint density at radius 2 is 1.86 bits per heavy atom. The van der Waals surface area contributed by atoms with E-state index in [0.29, 0.717) is 29.6 Å². The summed E-state index contributed by atoms with van der Waals surface area (Å²) >= 11 is 0. The van der Waals surface area contributed by atoms with Crippen LogP contribution in [0.25, 0.3) is 0 Å². The van der Waals surface area contributed by atoms with E-state index in [2.05, 4.69) is 12.2 Å². The summed E-state index contributed by atoms with van der Waals surface area (Å²) in [6.07, 6.45) is 11.8. The van der Waals surface area contributed by atoms with Crippen molar-refractivity contribution in [3.63, 3.8) is 0 Å². The predicted octanol–water partition coefficient (Wildman–Crippen LogP) is 4.80. The Morgan fingerprint density at radius 3 is 2.57 bits per heavy atom. The molecule has 1 aromatic rings. The van der Waals surface area contributed by atoms with E-state index in [1.54, 1.807) is 19.1 Å². The first kappa shape index (κ1) is 14.4. The van der Waals surface area contributed by atoms with Gasteiger partial charge in [-0.2, -0.15) is 0 Å². The summed E-state index contributed by atoms with van der Waals surface area (Å²) in [6, 6.07) is 3.48. The van der Waals surface area contributed by atoms with Crippen LogP contribution >= 0.6 is 0 Å². The van der Waals surface area contributed by atoms with Crippen LogP contribution in [-0.4, -0.2) is 12.7 Å². The average molecular weight is 290 g/mol. The van der Waals surface area contributed by atoms with Crippen molar-refractivity contribution >= 4 is 0 Å². The van der Waals surface area contributed by atoms with Crippen molar-refractivity contribution in [3.05, 3.63) is 35.7 Å². The standard InChI is InChI=1S/C18H23FO2/c1-13-16(20-12-4-7-14-5-2-3-6-14)10-11-17(18(13)19)21-15-8-9-15/h4,7,10-11,14-15H,2-3,5-6,8-9,12H2,1H3/b7-4+. The number of allylic oxidation sites excluding steroid dienone is 1. The first-order valence-corrected chi connectivity index (χ1v) is 7.99. The number of benzene rings is 1. The van der Waals surface area contributed by atoms with Crippen molar-refractivity contribution < 1.29 is 13.9 Å². The Labute approximate surface area is 126 Å². The Bertz CT molecular complexity index is 514. The third-order valence-electron chi connectivity index (χ3n) is 4.26. The summed E-state index contributed by atoms with van der Waals surface area (Å²) < 4.78 is 25.4. The summed E-state index contributed by atoms with van der Waals surface area (Å²) in [5.41, 5.74) is 0.530. The maximum Gasteiger partial charge on any atom is 0.171 e. The van der Waals surface area contributed by atoms with E-state index in [-0.39, 0.29) is 11.9 Å². The van der Waals surface area contributed by atoms with Crippen molar-refractivity contribution in [2.45, 2.75) is 51.6 Å². The maximum atomic E-state index is 14.2. The maximum absolute atomic E-state index is 14.2. The first-order valence-electron chi connectivity index (χ1n) is 7.99. The third-order valence-corrected chi connectivity index (χ3v) is 4.26. The summed E-state index contributed by atoms with van der Waals surface area (Å²) in [4.78, 5) is 0. The van der Waals surface area contributed by atoms with Gasteiger partial charge in [0.2, 0.25) is 0 Å². The van der Waals surface area contributed by atoms with E-state index in [9.17, 15) is 4.39 Å². The monoisotopic (exact) mass is 290 g/mol. The third kappa shape index (κ3) is 3.78. The quantitative estimate of drug-likeness (QED) is 0.701. The summed E-state index contributed by atoms with van der Waals surface area (Å²) in [6.45, 7) is 2.24. The van der Waals surface area contributed by atoms with Gasteiger partial charge >= 0.3 is 0 Å². The molecule has 0 spiro atoms. The minimum atomic E-state index is -0.292. The number of hydrogen-bond donors (Lipinski definition) is 0. The highest BCUT2D eigenvalue weighted by molar-refractivity contribution is 5.41. The van der Waals surface area contributed by atoms with Gasteiger partial charge in [0.05, 0.1) is 6.10 Å². The van der Waals surface area contributed by atoms with Crippen LogP contribution in [0.3, 0.4) is 0 Å².